The average Bonchev–Trinajstić information content (AvgIpc) is 1.69. The van der Waals surface area contributed by atoms with Crippen LogP contribution in [0.3, 0.4) is 0 Å². The monoisotopic (exact) mass is 187 g/mol. The predicted octanol–water partition coefficient (Wildman–Crippen LogP) is -4.54. The molecule has 0 atom stereocenters. The molecule has 0 nitrogen and oxygen atoms in total. The summed E-state index contributed by atoms with van der Waals surface area (Å²) in [6, 6.07) is 9.96. The van der Waals surface area contributed by atoms with Crippen LogP contribution in [-0.2, 0) is 0 Å². The molecule has 0 N–H and O–H groups in total. The van der Waals surface area contributed by atoms with Crippen molar-refractivity contribution in [2.75, 3.05) is 0 Å². The van der Waals surface area contributed by atoms with Crippen molar-refractivity contribution in [2.45, 2.75) is 0 Å². The topological polar surface area (TPSA) is 0 Å². The van der Waals surface area contributed by atoms with Crippen LogP contribution >= 0.6 is 9.24 Å². The molecular formula is C6H6K2P+. The zero-order valence-corrected chi connectivity index (χ0v) is 13.1. The van der Waals surface area contributed by atoms with Crippen LogP contribution in [0.5, 0.6) is 0 Å². The van der Waals surface area contributed by atoms with Crippen molar-refractivity contribution in [3.8, 4) is 0 Å². The third-order valence-electron chi connectivity index (χ3n) is 0.774. The van der Waals surface area contributed by atoms with Gasteiger partial charge in [-0.25, -0.2) is 5.30 Å². The van der Waals surface area contributed by atoms with Gasteiger partial charge in [0.15, 0.2) is 0 Å². The van der Waals surface area contributed by atoms with Gasteiger partial charge in [0, 0.05) is 0 Å². The van der Waals surface area contributed by atoms with Gasteiger partial charge in [-0.05, 0) is 0 Å². The van der Waals surface area contributed by atoms with E-state index in [0.29, 0.717) is 0 Å². The summed E-state index contributed by atoms with van der Waals surface area (Å²) >= 11 is 0. The van der Waals surface area contributed by atoms with Crippen molar-refractivity contribution in [3.05, 3.63) is 30.3 Å². The van der Waals surface area contributed by atoms with Crippen LogP contribution in [0.4, 0.5) is 0 Å². The van der Waals surface area contributed by atoms with E-state index in [1.807, 2.05) is 30.3 Å². The van der Waals surface area contributed by atoms with E-state index in [0.717, 1.165) is 5.30 Å². The number of hydrogen-bond acceptors (Lipinski definition) is 0. The number of hydrogen-bond donors (Lipinski definition) is 0. The van der Waals surface area contributed by atoms with E-state index in [2.05, 4.69) is 9.24 Å². The van der Waals surface area contributed by atoms with E-state index >= 15 is 0 Å². The molecule has 3 heteroatoms. The Balaban J connectivity index is 0. The molecule has 0 aromatic heterocycles. The molecule has 0 radical (unpaired) electrons. The van der Waals surface area contributed by atoms with Crippen molar-refractivity contribution in [1.82, 2.24) is 0 Å². The summed E-state index contributed by atoms with van der Waals surface area (Å²) in [7, 11) is 3.36. The molecule has 0 amide bonds. The third-order valence-corrected chi connectivity index (χ3v) is 1.11. The van der Waals surface area contributed by atoms with Crippen LogP contribution in [0.15, 0.2) is 30.3 Å². The Morgan fingerprint density at radius 1 is 0.889 bits per heavy atom. The minimum Gasteiger partial charge on any atom is -0.525 e. The van der Waals surface area contributed by atoms with Crippen LogP contribution < -0.4 is 108 Å². The first-order valence-electron chi connectivity index (χ1n) is 2.16. The van der Waals surface area contributed by atoms with Crippen molar-refractivity contribution < 1.29 is 103 Å². The van der Waals surface area contributed by atoms with Gasteiger partial charge in [-0.2, -0.15) is 0 Å². The normalized spacial score (nSPS) is 6.78. The van der Waals surface area contributed by atoms with Gasteiger partial charge in [-0.15, -0.1) is 0 Å². The summed E-state index contributed by atoms with van der Waals surface area (Å²) < 4.78 is 0. The molecule has 0 spiro atoms. The Labute approximate surface area is 144 Å². The van der Waals surface area contributed by atoms with Crippen molar-refractivity contribution in [2.24, 2.45) is 0 Å². The molecule has 36 valence electrons. The van der Waals surface area contributed by atoms with E-state index in [9.17, 15) is 0 Å². The molecule has 0 aliphatic heterocycles. The van der Waals surface area contributed by atoms with Crippen LogP contribution in [-0.4, -0.2) is 0 Å². The summed E-state index contributed by atoms with van der Waals surface area (Å²) in [5.41, 5.74) is 0. The van der Waals surface area contributed by atoms with Gasteiger partial charge in [0.2, 0.25) is 0 Å². The SMILES string of the molecule is [K+].[K+].[PH-]c1ccccc1. The van der Waals surface area contributed by atoms with Crippen LogP contribution in [0, 0.1) is 0 Å². The molecule has 1 aromatic carbocycles. The Hall–Kier alpha value is 2.92. The van der Waals surface area contributed by atoms with Gasteiger partial charge in [0.05, 0.1) is 0 Å². The Morgan fingerprint density at radius 3 is 1.56 bits per heavy atom. The zero-order chi connectivity index (χ0) is 5.11. The molecule has 0 heterocycles. The smallest absolute Gasteiger partial charge is 0.525 e. The van der Waals surface area contributed by atoms with Crippen LogP contribution in [0.25, 0.3) is 0 Å². The molecule has 1 rings (SSSR count). The Morgan fingerprint density at radius 2 is 1.33 bits per heavy atom. The maximum Gasteiger partial charge on any atom is 1.00 e. The summed E-state index contributed by atoms with van der Waals surface area (Å²) in [6.07, 6.45) is 0. The van der Waals surface area contributed by atoms with E-state index in [-0.39, 0.29) is 103 Å². The first kappa shape index (κ1) is 14.4. The quantitative estimate of drug-likeness (QED) is 0.283. The largest absolute Gasteiger partial charge is 1.00 e. The second-order valence-corrected chi connectivity index (χ2v) is 1.94. The molecule has 0 saturated heterocycles. The Bertz CT molecular complexity index is 141. The Kier molecular flexibility index (Phi) is 14.5. The van der Waals surface area contributed by atoms with Crippen molar-refractivity contribution in [1.29, 1.82) is 0 Å². The van der Waals surface area contributed by atoms with Gasteiger partial charge >= 0.3 is 103 Å². The minimum absolute atomic E-state index is 0. The van der Waals surface area contributed by atoms with Gasteiger partial charge < -0.3 is 9.24 Å². The average molecular weight is 187 g/mol. The second-order valence-electron chi connectivity index (χ2n) is 1.37. The summed E-state index contributed by atoms with van der Waals surface area (Å²) in [5.74, 6) is 0. The molecule has 0 saturated carbocycles. The summed E-state index contributed by atoms with van der Waals surface area (Å²) in [6.45, 7) is 0. The third kappa shape index (κ3) is 7.29. The van der Waals surface area contributed by atoms with Crippen molar-refractivity contribution >= 4 is 14.5 Å². The molecule has 0 aliphatic rings. The molecule has 9 heavy (non-hydrogen) atoms. The predicted molar refractivity (Wildman–Crippen MR) is 34.4 cm³/mol. The molecule has 0 fully saturated rings. The van der Waals surface area contributed by atoms with E-state index in [1.165, 1.54) is 0 Å². The van der Waals surface area contributed by atoms with Crippen LogP contribution in [0.2, 0.25) is 0 Å². The maximum atomic E-state index is 3.36. The minimum atomic E-state index is 0. The number of rotatable bonds is 0. The van der Waals surface area contributed by atoms with E-state index < -0.39 is 0 Å². The first-order valence-corrected chi connectivity index (χ1v) is 2.66. The van der Waals surface area contributed by atoms with Crippen LogP contribution in [0.1, 0.15) is 0 Å². The zero-order valence-electron chi connectivity index (χ0n) is 5.89. The number of benzene rings is 1. The maximum absolute atomic E-state index is 3.36. The fourth-order valence-corrected chi connectivity index (χ4v) is 0.631. The molecular weight excluding hydrogens is 181 g/mol. The van der Waals surface area contributed by atoms with Gasteiger partial charge in [-0.1, -0.05) is 30.3 Å². The summed E-state index contributed by atoms with van der Waals surface area (Å²) in [5, 5.41) is 1.13. The van der Waals surface area contributed by atoms with E-state index in [4.69, 9.17) is 0 Å². The molecule has 0 unspecified atom stereocenters. The first-order chi connectivity index (χ1) is 3.39. The molecule has 0 aliphatic carbocycles. The fraction of sp³-hybridized carbons (Fsp3) is 0. The van der Waals surface area contributed by atoms with E-state index in [1.54, 1.807) is 0 Å². The molecule has 1 aromatic rings. The standard InChI is InChI=1S/C6H6P.2K/c7-6-4-2-1-3-5-6;;/h1-5,7H;;/q-1;2*+1. The van der Waals surface area contributed by atoms with Gasteiger partial charge in [0.1, 0.15) is 0 Å². The van der Waals surface area contributed by atoms with Crippen molar-refractivity contribution in [3.63, 3.8) is 0 Å². The second kappa shape index (κ2) is 9.01. The van der Waals surface area contributed by atoms with Gasteiger partial charge in [-0.3, -0.25) is 0 Å². The molecule has 0 bridgehead atoms. The fourth-order valence-electron chi connectivity index (χ4n) is 0.438. The van der Waals surface area contributed by atoms with Gasteiger partial charge in [0.25, 0.3) is 0 Å². The summed E-state index contributed by atoms with van der Waals surface area (Å²) in [4.78, 5) is 0.